The third-order valence-corrected chi connectivity index (χ3v) is 6.25. The maximum absolute atomic E-state index is 13.6. The highest BCUT2D eigenvalue weighted by Crippen LogP contribution is 2.28. The molecule has 4 rings (SSSR count). The summed E-state index contributed by atoms with van der Waals surface area (Å²) in [6, 6.07) is 16.9. The molecule has 2 N–H and O–H groups in total. The number of ether oxygens (including phenoxy) is 2. The van der Waals surface area contributed by atoms with E-state index in [1.165, 1.54) is 12.1 Å². The Morgan fingerprint density at radius 3 is 2.32 bits per heavy atom. The van der Waals surface area contributed by atoms with Crippen LogP contribution in [0.2, 0.25) is 0 Å². The van der Waals surface area contributed by atoms with Gasteiger partial charge in [-0.25, -0.2) is 4.39 Å². The second-order valence-corrected chi connectivity index (χ2v) is 9.20. The number of benzene rings is 3. The van der Waals surface area contributed by atoms with Crippen molar-refractivity contribution in [3.05, 3.63) is 107 Å². The Balaban J connectivity index is 1.37. The summed E-state index contributed by atoms with van der Waals surface area (Å²) in [6.07, 6.45) is 9.36. The number of halogens is 2. The number of aliphatic carboxylic acids is 2. The summed E-state index contributed by atoms with van der Waals surface area (Å²) in [6.45, 7) is 0.812. The van der Waals surface area contributed by atoms with Crippen LogP contribution in [-0.2, 0) is 22.6 Å². The zero-order chi connectivity index (χ0) is 29.2. The lowest BCUT2D eigenvalue weighted by Crippen LogP contribution is -2.01. The fourth-order valence-corrected chi connectivity index (χ4v) is 4.37. The highest BCUT2D eigenvalue weighted by molar-refractivity contribution is 5.96. The standard InChI is InChI=1S/C32H29F2NO6/c33-26-7-4-9-28(32(26)34)41-19-2-1-18-40-25-15-12-22(13-16-25)11-14-23-6-3-8-27-31(23)24(20-30(38)39)21-35(27)17-5-10-29(36)37/h1-4,6-9,11-16,21H,5,10,17-20H2,(H,36,37)(H,38,39)/b2-1+,14-11+. The molecule has 0 unspecified atom stereocenters. The number of aryl methyl sites for hydroxylation is 1. The molecule has 41 heavy (non-hydrogen) atoms. The smallest absolute Gasteiger partial charge is 0.307 e. The summed E-state index contributed by atoms with van der Waals surface area (Å²) in [4.78, 5) is 22.4. The van der Waals surface area contributed by atoms with Gasteiger partial charge < -0.3 is 24.3 Å². The maximum atomic E-state index is 13.6. The minimum atomic E-state index is -1.02. The van der Waals surface area contributed by atoms with Gasteiger partial charge in [-0.2, -0.15) is 4.39 Å². The van der Waals surface area contributed by atoms with E-state index in [1.54, 1.807) is 18.3 Å². The van der Waals surface area contributed by atoms with Gasteiger partial charge >= 0.3 is 11.9 Å². The Bertz CT molecular complexity index is 1570. The van der Waals surface area contributed by atoms with Crippen LogP contribution in [0.15, 0.2) is 79.0 Å². The first kappa shape index (κ1) is 29.1. The number of nitrogens with zero attached hydrogens (tertiary/aromatic N) is 1. The van der Waals surface area contributed by atoms with Crippen LogP contribution in [0.4, 0.5) is 8.78 Å². The molecule has 1 heterocycles. The van der Waals surface area contributed by atoms with Crippen molar-refractivity contribution < 1.29 is 38.1 Å². The average Bonchev–Trinajstić information content (AvgIpc) is 3.29. The minimum absolute atomic E-state index is 0.0374. The van der Waals surface area contributed by atoms with Gasteiger partial charge in [-0.1, -0.05) is 42.5 Å². The SMILES string of the molecule is O=C(O)CCCn1cc(CC(=O)O)c2c(/C=C/c3ccc(OC/C=C/COc4cccc(F)c4F)cc3)cccc21. The Morgan fingerprint density at radius 1 is 0.854 bits per heavy atom. The number of carbonyl (C=O) groups is 2. The van der Waals surface area contributed by atoms with Crippen molar-refractivity contribution >= 4 is 35.0 Å². The van der Waals surface area contributed by atoms with Gasteiger partial charge in [-0.3, -0.25) is 9.59 Å². The molecule has 3 aromatic carbocycles. The molecule has 7 nitrogen and oxygen atoms in total. The lowest BCUT2D eigenvalue weighted by molar-refractivity contribution is -0.137. The van der Waals surface area contributed by atoms with Crippen molar-refractivity contribution in [3.8, 4) is 11.5 Å². The Labute approximate surface area is 235 Å². The van der Waals surface area contributed by atoms with Gasteiger partial charge in [0.25, 0.3) is 0 Å². The summed E-state index contributed by atoms with van der Waals surface area (Å²) in [5.74, 6) is -3.29. The fraction of sp³-hybridized carbons (Fsp3) is 0.188. The van der Waals surface area contributed by atoms with Gasteiger partial charge in [0.15, 0.2) is 11.6 Å². The lowest BCUT2D eigenvalue weighted by Gasteiger charge is -2.06. The molecule has 0 radical (unpaired) electrons. The Kier molecular flexibility index (Phi) is 9.88. The molecule has 9 heteroatoms. The Hall–Kier alpha value is -4.92. The number of carboxylic acids is 2. The highest BCUT2D eigenvalue weighted by atomic mass is 19.2. The molecule has 0 aliphatic heterocycles. The van der Waals surface area contributed by atoms with Crippen LogP contribution < -0.4 is 9.47 Å². The average molecular weight is 562 g/mol. The molecule has 0 bridgehead atoms. The van der Waals surface area contributed by atoms with Crippen molar-refractivity contribution in [3.63, 3.8) is 0 Å². The first-order valence-corrected chi connectivity index (χ1v) is 13.0. The summed E-state index contributed by atoms with van der Waals surface area (Å²) < 4.78 is 39.6. The van der Waals surface area contributed by atoms with E-state index < -0.39 is 23.6 Å². The molecule has 0 amide bonds. The number of aromatic nitrogens is 1. The number of fused-ring (bicyclic) bond motifs is 1. The summed E-state index contributed by atoms with van der Waals surface area (Å²) in [5, 5.41) is 19.2. The van der Waals surface area contributed by atoms with Crippen LogP contribution in [0.3, 0.4) is 0 Å². The highest BCUT2D eigenvalue weighted by Gasteiger charge is 2.14. The van der Waals surface area contributed by atoms with E-state index in [-0.39, 0.29) is 31.8 Å². The summed E-state index contributed by atoms with van der Waals surface area (Å²) in [7, 11) is 0. The van der Waals surface area contributed by atoms with E-state index in [0.29, 0.717) is 24.3 Å². The monoisotopic (exact) mass is 561 g/mol. The molecule has 0 aliphatic carbocycles. The second-order valence-electron chi connectivity index (χ2n) is 9.20. The van der Waals surface area contributed by atoms with E-state index in [9.17, 15) is 23.5 Å². The van der Waals surface area contributed by atoms with Crippen molar-refractivity contribution in [1.29, 1.82) is 0 Å². The number of rotatable bonds is 14. The molecule has 0 saturated carbocycles. The predicted molar refractivity (Wildman–Crippen MR) is 152 cm³/mol. The molecule has 0 saturated heterocycles. The quantitative estimate of drug-likeness (QED) is 0.133. The van der Waals surface area contributed by atoms with Crippen molar-refractivity contribution in [2.45, 2.75) is 25.8 Å². The first-order chi connectivity index (χ1) is 19.8. The van der Waals surface area contributed by atoms with Gasteiger partial charge in [-0.15, -0.1) is 0 Å². The van der Waals surface area contributed by atoms with Gasteiger partial charge in [-0.05, 0) is 65.6 Å². The summed E-state index contributed by atoms with van der Waals surface area (Å²) in [5.41, 5.74) is 3.31. The van der Waals surface area contributed by atoms with Gasteiger partial charge in [0.05, 0.1) is 6.42 Å². The third-order valence-electron chi connectivity index (χ3n) is 6.25. The molecular weight excluding hydrogens is 532 g/mol. The second kappa shape index (κ2) is 13.9. The zero-order valence-electron chi connectivity index (χ0n) is 22.1. The zero-order valence-corrected chi connectivity index (χ0v) is 22.1. The van der Waals surface area contributed by atoms with E-state index in [0.717, 1.165) is 28.1 Å². The lowest BCUT2D eigenvalue weighted by atomic mass is 10.0. The van der Waals surface area contributed by atoms with E-state index in [4.69, 9.17) is 14.6 Å². The van der Waals surface area contributed by atoms with Crippen molar-refractivity contribution in [2.24, 2.45) is 0 Å². The molecule has 0 aliphatic rings. The minimum Gasteiger partial charge on any atom is -0.490 e. The van der Waals surface area contributed by atoms with Gasteiger partial charge in [0, 0.05) is 30.1 Å². The van der Waals surface area contributed by atoms with Crippen LogP contribution in [0.5, 0.6) is 11.5 Å². The molecular formula is C32H29F2NO6. The molecule has 1 aromatic heterocycles. The first-order valence-electron chi connectivity index (χ1n) is 13.0. The fourth-order valence-electron chi connectivity index (χ4n) is 4.37. The topological polar surface area (TPSA) is 98.0 Å². The summed E-state index contributed by atoms with van der Waals surface area (Å²) >= 11 is 0. The van der Waals surface area contributed by atoms with Crippen LogP contribution in [0.25, 0.3) is 23.1 Å². The number of carboxylic acid groups (broad SMARTS) is 2. The van der Waals surface area contributed by atoms with Crippen LogP contribution >= 0.6 is 0 Å². The van der Waals surface area contributed by atoms with Crippen LogP contribution in [0, 0.1) is 11.6 Å². The molecule has 4 aromatic rings. The largest absolute Gasteiger partial charge is 0.490 e. The molecule has 0 spiro atoms. The van der Waals surface area contributed by atoms with Crippen LogP contribution in [0.1, 0.15) is 29.5 Å². The van der Waals surface area contributed by atoms with Crippen molar-refractivity contribution in [2.75, 3.05) is 13.2 Å². The normalized spacial score (nSPS) is 11.5. The van der Waals surface area contributed by atoms with Crippen LogP contribution in [-0.4, -0.2) is 39.9 Å². The Morgan fingerprint density at radius 2 is 1.59 bits per heavy atom. The predicted octanol–water partition coefficient (Wildman–Crippen LogP) is 6.60. The van der Waals surface area contributed by atoms with Gasteiger partial charge in [0.2, 0.25) is 5.82 Å². The number of hydrogen-bond donors (Lipinski definition) is 2. The molecule has 212 valence electrons. The van der Waals surface area contributed by atoms with E-state index >= 15 is 0 Å². The third kappa shape index (κ3) is 8.04. The van der Waals surface area contributed by atoms with E-state index in [1.807, 2.05) is 59.2 Å². The van der Waals surface area contributed by atoms with Crippen molar-refractivity contribution in [1.82, 2.24) is 4.57 Å². The molecule has 0 fully saturated rings. The van der Waals surface area contributed by atoms with Gasteiger partial charge in [0.1, 0.15) is 19.0 Å². The maximum Gasteiger partial charge on any atom is 0.307 e. The molecule has 0 atom stereocenters. The number of hydrogen-bond acceptors (Lipinski definition) is 4. The van der Waals surface area contributed by atoms with E-state index in [2.05, 4.69) is 0 Å².